The van der Waals surface area contributed by atoms with Gasteiger partial charge >= 0.3 is 0 Å². The number of nitrogens with zero attached hydrogens (tertiary/aromatic N) is 2. The van der Waals surface area contributed by atoms with Crippen molar-refractivity contribution in [2.45, 2.75) is 25.8 Å². The van der Waals surface area contributed by atoms with Gasteiger partial charge in [0.15, 0.2) is 5.82 Å². The molecule has 1 atom stereocenters. The van der Waals surface area contributed by atoms with E-state index in [4.69, 9.17) is 21.9 Å². The monoisotopic (exact) mass is 329 g/mol. The molecule has 0 fully saturated rings. The summed E-state index contributed by atoms with van der Waals surface area (Å²) in [4.78, 5) is 4.31. The highest BCUT2D eigenvalue weighted by atomic mass is 79.9. The Hall–Kier alpha value is -0.910. The Balaban J connectivity index is 2.32. The van der Waals surface area contributed by atoms with Crippen LogP contribution in [0.5, 0.6) is 0 Å². The van der Waals surface area contributed by atoms with Crippen LogP contribution in [0.4, 0.5) is 0 Å². The Bertz CT molecular complexity index is 544. The van der Waals surface area contributed by atoms with Crippen LogP contribution in [-0.4, -0.2) is 10.1 Å². The first-order valence-corrected chi connectivity index (χ1v) is 6.83. The Morgan fingerprint density at radius 2 is 2.28 bits per heavy atom. The minimum Gasteiger partial charge on any atom is -0.334 e. The second-order valence-corrected chi connectivity index (χ2v) is 5.27. The number of halogens is 2. The van der Waals surface area contributed by atoms with Crippen LogP contribution in [0, 0.1) is 0 Å². The summed E-state index contributed by atoms with van der Waals surface area (Å²) in [6, 6.07) is 5.21. The number of aromatic nitrogens is 2. The van der Waals surface area contributed by atoms with Crippen LogP contribution < -0.4 is 5.73 Å². The maximum atomic E-state index is 5.95. The van der Waals surface area contributed by atoms with Gasteiger partial charge in [-0.25, -0.2) is 0 Å². The lowest BCUT2D eigenvalue weighted by Crippen LogP contribution is -2.11. The Morgan fingerprint density at radius 3 is 3.00 bits per heavy atom. The Labute approximate surface area is 119 Å². The zero-order chi connectivity index (χ0) is 13.1. The van der Waals surface area contributed by atoms with Crippen LogP contribution in [0.3, 0.4) is 0 Å². The van der Waals surface area contributed by atoms with Crippen LogP contribution in [0.2, 0.25) is 5.02 Å². The van der Waals surface area contributed by atoms with Crippen LogP contribution in [0.1, 0.15) is 31.6 Å². The van der Waals surface area contributed by atoms with E-state index < -0.39 is 0 Å². The molecule has 0 radical (unpaired) electrons. The first kappa shape index (κ1) is 13.5. The quantitative estimate of drug-likeness (QED) is 0.921. The predicted molar refractivity (Wildman–Crippen MR) is 74.3 cm³/mol. The number of benzene rings is 1. The molecule has 2 rings (SSSR count). The topological polar surface area (TPSA) is 64.9 Å². The second-order valence-electron chi connectivity index (χ2n) is 3.98. The summed E-state index contributed by atoms with van der Waals surface area (Å²) in [5.41, 5.74) is 6.71. The molecule has 1 aromatic heterocycles. The minimum atomic E-state index is -0.189. The highest BCUT2D eigenvalue weighted by Gasteiger charge is 2.16. The summed E-state index contributed by atoms with van der Waals surface area (Å²) in [7, 11) is 0. The molecule has 4 nitrogen and oxygen atoms in total. The fraction of sp³-hybridized carbons (Fsp3) is 0.333. The van der Waals surface area contributed by atoms with Gasteiger partial charge in [0.25, 0.3) is 5.89 Å². The molecule has 2 aromatic rings. The third-order valence-electron chi connectivity index (χ3n) is 2.53. The Morgan fingerprint density at radius 1 is 1.50 bits per heavy atom. The molecule has 18 heavy (non-hydrogen) atoms. The largest absolute Gasteiger partial charge is 0.334 e. The van der Waals surface area contributed by atoms with Crippen LogP contribution in [0.15, 0.2) is 27.2 Å². The molecular weight excluding hydrogens is 318 g/mol. The van der Waals surface area contributed by atoms with Crippen molar-refractivity contribution in [3.8, 4) is 11.5 Å². The molecule has 0 spiro atoms. The van der Waals surface area contributed by atoms with Crippen molar-refractivity contribution >= 4 is 27.5 Å². The SMILES string of the molecule is CCCC(N)c1noc(-c2cc(Cl)ccc2Br)n1. The van der Waals surface area contributed by atoms with E-state index in [1.807, 2.05) is 6.07 Å². The predicted octanol–water partition coefficient (Wildman–Crippen LogP) is 3.95. The van der Waals surface area contributed by atoms with Crippen molar-refractivity contribution in [2.24, 2.45) is 5.73 Å². The van der Waals surface area contributed by atoms with Gasteiger partial charge < -0.3 is 10.3 Å². The minimum absolute atomic E-state index is 0.189. The lowest BCUT2D eigenvalue weighted by atomic mass is 10.2. The average molecular weight is 331 g/mol. The molecule has 0 bridgehead atoms. The molecule has 0 saturated heterocycles. The summed E-state index contributed by atoms with van der Waals surface area (Å²) >= 11 is 9.38. The van der Waals surface area contributed by atoms with Crippen LogP contribution >= 0.6 is 27.5 Å². The fourth-order valence-electron chi connectivity index (χ4n) is 1.60. The molecule has 0 aliphatic heterocycles. The zero-order valence-corrected chi connectivity index (χ0v) is 12.2. The summed E-state index contributed by atoms with van der Waals surface area (Å²) in [6.45, 7) is 2.06. The summed E-state index contributed by atoms with van der Waals surface area (Å²) < 4.78 is 6.08. The van der Waals surface area contributed by atoms with Crippen molar-refractivity contribution in [1.82, 2.24) is 10.1 Å². The zero-order valence-electron chi connectivity index (χ0n) is 9.86. The number of hydrogen-bond acceptors (Lipinski definition) is 4. The van der Waals surface area contributed by atoms with E-state index >= 15 is 0 Å². The molecule has 96 valence electrons. The number of rotatable bonds is 4. The van der Waals surface area contributed by atoms with Gasteiger partial charge in [-0.1, -0.05) is 30.1 Å². The van der Waals surface area contributed by atoms with E-state index in [0.717, 1.165) is 22.9 Å². The van der Waals surface area contributed by atoms with Gasteiger partial charge in [-0.05, 0) is 40.5 Å². The molecule has 0 aliphatic carbocycles. The first-order valence-electron chi connectivity index (χ1n) is 5.66. The molecule has 0 saturated carbocycles. The lowest BCUT2D eigenvalue weighted by Gasteiger charge is -2.02. The van der Waals surface area contributed by atoms with E-state index in [1.165, 1.54) is 0 Å². The van der Waals surface area contributed by atoms with Crippen molar-refractivity contribution in [2.75, 3.05) is 0 Å². The van der Waals surface area contributed by atoms with Crippen molar-refractivity contribution in [3.05, 3.63) is 33.5 Å². The van der Waals surface area contributed by atoms with E-state index in [-0.39, 0.29) is 6.04 Å². The van der Waals surface area contributed by atoms with Crippen LogP contribution in [-0.2, 0) is 0 Å². The maximum absolute atomic E-state index is 5.95. The Kier molecular flexibility index (Phi) is 4.37. The van der Waals surface area contributed by atoms with Crippen molar-refractivity contribution in [3.63, 3.8) is 0 Å². The summed E-state index contributed by atoms with van der Waals surface area (Å²) in [5, 5.41) is 4.52. The highest BCUT2D eigenvalue weighted by molar-refractivity contribution is 9.10. The fourth-order valence-corrected chi connectivity index (χ4v) is 2.18. The lowest BCUT2D eigenvalue weighted by molar-refractivity contribution is 0.413. The van der Waals surface area contributed by atoms with Gasteiger partial charge in [-0.15, -0.1) is 0 Å². The smallest absolute Gasteiger partial charge is 0.259 e. The molecule has 0 amide bonds. The van der Waals surface area contributed by atoms with E-state index in [0.29, 0.717) is 16.7 Å². The first-order chi connectivity index (χ1) is 8.61. The van der Waals surface area contributed by atoms with Gasteiger partial charge in [-0.3, -0.25) is 0 Å². The summed E-state index contributed by atoms with van der Waals surface area (Å²) in [5.74, 6) is 0.949. The van der Waals surface area contributed by atoms with Crippen molar-refractivity contribution < 1.29 is 4.52 Å². The molecule has 1 heterocycles. The second kappa shape index (κ2) is 5.82. The van der Waals surface area contributed by atoms with E-state index in [2.05, 4.69) is 33.0 Å². The van der Waals surface area contributed by atoms with E-state index in [1.54, 1.807) is 12.1 Å². The number of nitrogens with two attached hydrogens (primary N) is 1. The normalized spacial score (nSPS) is 12.7. The van der Waals surface area contributed by atoms with Gasteiger partial charge in [0, 0.05) is 9.50 Å². The third-order valence-corrected chi connectivity index (χ3v) is 3.46. The summed E-state index contributed by atoms with van der Waals surface area (Å²) in [6.07, 6.45) is 1.81. The van der Waals surface area contributed by atoms with Crippen LogP contribution in [0.25, 0.3) is 11.5 Å². The molecule has 6 heteroatoms. The van der Waals surface area contributed by atoms with Gasteiger partial charge in [0.2, 0.25) is 0 Å². The molecular formula is C12H13BrClN3O. The highest BCUT2D eigenvalue weighted by Crippen LogP contribution is 2.30. The number of hydrogen-bond donors (Lipinski definition) is 1. The standard InChI is InChI=1S/C12H13BrClN3O/c1-2-3-10(15)11-16-12(18-17-11)8-6-7(14)4-5-9(8)13/h4-6,10H,2-3,15H2,1H3. The van der Waals surface area contributed by atoms with Crippen molar-refractivity contribution in [1.29, 1.82) is 0 Å². The van der Waals surface area contributed by atoms with Gasteiger partial charge in [0.1, 0.15) is 0 Å². The van der Waals surface area contributed by atoms with Gasteiger partial charge in [-0.2, -0.15) is 4.98 Å². The van der Waals surface area contributed by atoms with Gasteiger partial charge in [0.05, 0.1) is 11.6 Å². The maximum Gasteiger partial charge on any atom is 0.259 e. The molecule has 1 aromatic carbocycles. The molecule has 1 unspecified atom stereocenters. The van der Waals surface area contributed by atoms with E-state index in [9.17, 15) is 0 Å². The molecule has 0 aliphatic rings. The average Bonchev–Trinajstić information content (AvgIpc) is 2.82. The molecule has 2 N–H and O–H groups in total. The third kappa shape index (κ3) is 2.91.